The first-order valence-electron chi connectivity index (χ1n) is 8.98. The Kier molecular flexibility index (Phi) is 9.70. The average molecular weight is 381 g/mol. The summed E-state index contributed by atoms with van der Waals surface area (Å²) in [5.41, 5.74) is 1.18. The third-order valence-corrected chi connectivity index (χ3v) is 5.74. The normalized spacial score (nSPS) is 15.8. The zero-order chi connectivity index (χ0) is 17.7. The van der Waals surface area contributed by atoms with Gasteiger partial charge < -0.3 is 5.32 Å². The molecule has 0 unspecified atom stereocenters. The maximum absolute atomic E-state index is 8.71. The van der Waals surface area contributed by atoms with Crippen molar-refractivity contribution >= 4 is 29.1 Å². The lowest BCUT2D eigenvalue weighted by atomic mass is 10.1. The van der Waals surface area contributed by atoms with Crippen molar-refractivity contribution in [2.75, 3.05) is 31.9 Å². The van der Waals surface area contributed by atoms with E-state index >= 15 is 0 Å². The Hall–Kier alpha value is -1.30. The van der Waals surface area contributed by atoms with E-state index in [0.717, 1.165) is 37.6 Å². The number of piperidine rings is 1. The molecule has 0 radical (unpaired) electrons. The van der Waals surface area contributed by atoms with E-state index in [-0.39, 0.29) is 0 Å². The molecule has 1 aromatic heterocycles. The Morgan fingerprint density at radius 1 is 1.44 bits per heavy atom. The maximum Gasteiger partial charge on any atom is 0.204 e. The molecule has 8 heteroatoms. The van der Waals surface area contributed by atoms with Gasteiger partial charge in [-0.1, -0.05) is 13.3 Å². The smallest absolute Gasteiger partial charge is 0.204 e. The fraction of sp³-hybridized carbons (Fsp3) is 0.706. The number of guanidine groups is 1. The molecule has 0 aliphatic carbocycles. The predicted molar refractivity (Wildman–Crippen MR) is 107 cm³/mol. The topological polar surface area (TPSA) is 76.3 Å². The molecule has 0 amide bonds. The van der Waals surface area contributed by atoms with Crippen LogP contribution in [-0.2, 0) is 12.3 Å². The highest BCUT2D eigenvalue weighted by molar-refractivity contribution is 7.98. The monoisotopic (exact) mass is 380 g/mol. The Bertz CT molecular complexity index is 560. The molecular formula is C17H28N6S2. The highest BCUT2D eigenvalue weighted by Crippen LogP contribution is 2.19. The number of rotatable bonds is 9. The van der Waals surface area contributed by atoms with Crippen molar-refractivity contribution in [3.05, 3.63) is 16.1 Å². The zero-order valence-electron chi connectivity index (χ0n) is 15.0. The molecule has 25 heavy (non-hydrogen) atoms. The van der Waals surface area contributed by atoms with Gasteiger partial charge in [0.05, 0.1) is 12.2 Å². The Morgan fingerprint density at radius 3 is 3.04 bits per heavy atom. The van der Waals surface area contributed by atoms with Crippen LogP contribution in [0.25, 0.3) is 0 Å². The number of nitriles is 1. The third-order valence-electron chi connectivity index (χ3n) is 3.86. The summed E-state index contributed by atoms with van der Waals surface area (Å²) >= 11 is 3.63. The van der Waals surface area contributed by atoms with Crippen LogP contribution in [-0.4, -0.2) is 47.8 Å². The minimum Gasteiger partial charge on any atom is -0.355 e. The quantitative estimate of drug-likeness (QED) is 0.226. The molecular weight excluding hydrogens is 352 g/mol. The summed E-state index contributed by atoms with van der Waals surface area (Å²) in [6.45, 7) is 7.02. The minimum atomic E-state index is 0.572. The van der Waals surface area contributed by atoms with Crippen molar-refractivity contribution in [3.63, 3.8) is 0 Å². The van der Waals surface area contributed by atoms with Gasteiger partial charge in [-0.05, 0) is 32.4 Å². The fourth-order valence-electron chi connectivity index (χ4n) is 2.63. The second kappa shape index (κ2) is 12.1. The number of nitrogens with zero attached hydrogens (tertiary/aromatic N) is 4. The second-order valence-corrected chi connectivity index (χ2v) is 8.06. The lowest BCUT2D eigenvalue weighted by Crippen LogP contribution is -2.36. The molecule has 0 aromatic carbocycles. The predicted octanol–water partition coefficient (Wildman–Crippen LogP) is 2.79. The molecule has 1 saturated heterocycles. The van der Waals surface area contributed by atoms with Crippen molar-refractivity contribution in [1.29, 1.82) is 5.26 Å². The van der Waals surface area contributed by atoms with Crippen LogP contribution in [0.1, 0.15) is 43.3 Å². The largest absolute Gasteiger partial charge is 0.355 e. The number of likely N-dealkylation sites (tertiary alicyclic amines) is 1. The number of hydrogen-bond donors (Lipinski definition) is 2. The van der Waals surface area contributed by atoms with E-state index in [1.807, 2.05) is 18.0 Å². The van der Waals surface area contributed by atoms with E-state index in [1.54, 1.807) is 11.3 Å². The average Bonchev–Trinajstić information content (AvgIpc) is 3.07. The van der Waals surface area contributed by atoms with Crippen molar-refractivity contribution in [2.24, 2.45) is 4.99 Å². The van der Waals surface area contributed by atoms with Gasteiger partial charge in [-0.15, -0.1) is 11.3 Å². The van der Waals surface area contributed by atoms with Crippen LogP contribution in [0.15, 0.2) is 10.4 Å². The van der Waals surface area contributed by atoms with Gasteiger partial charge in [-0.2, -0.15) is 17.0 Å². The van der Waals surface area contributed by atoms with Gasteiger partial charge in [0.2, 0.25) is 5.96 Å². The van der Waals surface area contributed by atoms with Crippen LogP contribution >= 0.6 is 23.1 Å². The molecule has 0 bridgehead atoms. The first-order chi connectivity index (χ1) is 12.3. The molecule has 1 aliphatic heterocycles. The third kappa shape index (κ3) is 8.08. The van der Waals surface area contributed by atoms with E-state index in [2.05, 4.69) is 32.8 Å². The number of hydrogen-bond acceptors (Lipinski definition) is 6. The van der Waals surface area contributed by atoms with Gasteiger partial charge >= 0.3 is 0 Å². The van der Waals surface area contributed by atoms with Crippen LogP contribution in [0.2, 0.25) is 0 Å². The lowest BCUT2D eigenvalue weighted by molar-refractivity contribution is 0.220. The van der Waals surface area contributed by atoms with Crippen LogP contribution in [0, 0.1) is 11.5 Å². The molecule has 2 rings (SSSR count). The molecule has 1 fully saturated rings. The molecule has 0 spiro atoms. The first kappa shape index (κ1) is 20.0. The summed E-state index contributed by atoms with van der Waals surface area (Å²) in [6, 6.07) is 0. The fourth-order valence-corrected chi connectivity index (χ4v) is 4.32. The molecule has 2 N–H and O–H groups in total. The Balaban J connectivity index is 1.62. The number of aliphatic imine (C=N–C) groups is 1. The number of thioether (sulfide) groups is 1. The number of aromatic nitrogens is 1. The Morgan fingerprint density at radius 2 is 2.28 bits per heavy atom. The summed E-state index contributed by atoms with van der Waals surface area (Å²) < 4.78 is 0. The Labute approximate surface area is 159 Å². The highest BCUT2D eigenvalue weighted by Gasteiger charge is 2.12. The second-order valence-electron chi connectivity index (χ2n) is 6.02. The molecule has 6 nitrogen and oxygen atoms in total. The highest BCUT2D eigenvalue weighted by atomic mass is 32.2. The molecule has 138 valence electrons. The maximum atomic E-state index is 8.71. The SMILES string of the molecule is CCCN=C(NC#N)NCCSCc1csc(CN2CCCCC2)n1. The minimum absolute atomic E-state index is 0.572. The van der Waals surface area contributed by atoms with Gasteiger partial charge in [0.1, 0.15) is 5.01 Å². The van der Waals surface area contributed by atoms with E-state index in [1.165, 1.54) is 43.1 Å². The molecule has 2 heterocycles. The van der Waals surface area contributed by atoms with Crippen molar-refractivity contribution < 1.29 is 0 Å². The summed E-state index contributed by atoms with van der Waals surface area (Å²) in [5, 5.41) is 17.9. The van der Waals surface area contributed by atoms with Gasteiger partial charge in [0, 0.05) is 30.0 Å². The molecule has 0 saturated carbocycles. The summed E-state index contributed by atoms with van der Waals surface area (Å²) in [7, 11) is 0. The van der Waals surface area contributed by atoms with E-state index in [9.17, 15) is 0 Å². The van der Waals surface area contributed by atoms with E-state index in [4.69, 9.17) is 10.2 Å². The van der Waals surface area contributed by atoms with E-state index < -0.39 is 0 Å². The van der Waals surface area contributed by atoms with Gasteiger partial charge in [0.25, 0.3) is 0 Å². The standard InChI is InChI=1S/C17H28N6S2/c1-2-6-19-17(21-14-18)20-7-10-24-12-15-13-25-16(22-15)11-23-8-4-3-5-9-23/h13H,2-12H2,1H3,(H2,19,20,21). The molecule has 1 aromatic rings. The van der Waals surface area contributed by atoms with Gasteiger partial charge in [-0.3, -0.25) is 15.2 Å². The summed E-state index contributed by atoms with van der Waals surface area (Å²) in [4.78, 5) is 11.6. The number of nitrogens with one attached hydrogen (secondary N) is 2. The van der Waals surface area contributed by atoms with Crippen molar-refractivity contribution in [1.82, 2.24) is 20.5 Å². The van der Waals surface area contributed by atoms with Crippen LogP contribution in [0.5, 0.6) is 0 Å². The first-order valence-corrected chi connectivity index (χ1v) is 11.0. The van der Waals surface area contributed by atoms with Crippen LogP contribution in [0.3, 0.4) is 0 Å². The van der Waals surface area contributed by atoms with Crippen molar-refractivity contribution in [2.45, 2.75) is 44.9 Å². The van der Waals surface area contributed by atoms with Gasteiger partial charge in [0.15, 0.2) is 6.19 Å². The van der Waals surface area contributed by atoms with E-state index in [0.29, 0.717) is 5.96 Å². The lowest BCUT2D eigenvalue weighted by Gasteiger charge is -2.25. The van der Waals surface area contributed by atoms with Gasteiger partial charge in [-0.25, -0.2) is 4.98 Å². The summed E-state index contributed by atoms with van der Waals surface area (Å²) in [6.07, 6.45) is 6.91. The van der Waals surface area contributed by atoms with Crippen LogP contribution in [0.4, 0.5) is 0 Å². The van der Waals surface area contributed by atoms with Crippen molar-refractivity contribution in [3.8, 4) is 6.19 Å². The van der Waals surface area contributed by atoms with Crippen LogP contribution < -0.4 is 10.6 Å². The zero-order valence-corrected chi connectivity index (χ0v) is 16.6. The molecule has 1 aliphatic rings. The number of thiazole rings is 1. The molecule has 0 atom stereocenters. The summed E-state index contributed by atoms with van der Waals surface area (Å²) in [5.74, 6) is 2.46.